The molecule has 0 aliphatic rings. The molecule has 1 aromatic carbocycles. The molecule has 10 heavy (non-hydrogen) atoms. The summed E-state index contributed by atoms with van der Waals surface area (Å²) in [6.45, 7) is 0. The van der Waals surface area contributed by atoms with Crippen LogP contribution in [-0.4, -0.2) is 5.33 Å². The van der Waals surface area contributed by atoms with Gasteiger partial charge >= 0.3 is 0 Å². The number of alkyl halides is 1. The summed E-state index contributed by atoms with van der Waals surface area (Å²) in [6, 6.07) is 7.96. The zero-order valence-corrected chi connectivity index (χ0v) is 7.26. The molecule has 0 unspecified atom stereocenters. The van der Waals surface area contributed by atoms with Gasteiger partial charge in [-0.25, -0.2) is 0 Å². The summed E-state index contributed by atoms with van der Waals surface area (Å²) in [5.41, 5.74) is 7.71. The largest absolute Gasteiger partial charge is 0.399 e. The Hall–Kier alpha value is -0.500. The van der Waals surface area contributed by atoms with Gasteiger partial charge in [0.2, 0.25) is 0 Å². The van der Waals surface area contributed by atoms with Crippen molar-refractivity contribution >= 4 is 21.6 Å². The summed E-state index contributed by atoms with van der Waals surface area (Å²) in [4.78, 5) is 0. The minimum absolute atomic E-state index is 0.846. The first kappa shape index (κ1) is 7.61. The number of hydrogen-bond acceptors (Lipinski definition) is 1. The summed E-state index contributed by atoms with van der Waals surface area (Å²) in [5, 5.41) is 0.996. The lowest BCUT2D eigenvalue weighted by atomic mass is 10.1. The van der Waals surface area contributed by atoms with Crippen molar-refractivity contribution in [2.75, 3.05) is 11.1 Å². The Kier molecular flexibility index (Phi) is 2.75. The molecule has 0 spiro atoms. The van der Waals surface area contributed by atoms with Crippen molar-refractivity contribution in [3.8, 4) is 0 Å². The molecule has 0 aliphatic carbocycles. The van der Waals surface area contributed by atoms with E-state index in [1.165, 1.54) is 5.56 Å². The number of benzene rings is 1. The molecule has 2 N–H and O–H groups in total. The lowest BCUT2D eigenvalue weighted by Crippen LogP contribution is -1.88. The molecular weight excluding hydrogens is 190 g/mol. The zero-order valence-electron chi connectivity index (χ0n) is 5.68. The van der Waals surface area contributed by atoms with Gasteiger partial charge < -0.3 is 5.73 Å². The van der Waals surface area contributed by atoms with Crippen molar-refractivity contribution in [3.63, 3.8) is 0 Å². The minimum atomic E-state index is 0.846. The van der Waals surface area contributed by atoms with Crippen LogP contribution in [-0.2, 0) is 6.42 Å². The van der Waals surface area contributed by atoms with E-state index in [0.717, 1.165) is 17.4 Å². The summed E-state index contributed by atoms with van der Waals surface area (Å²) in [5.74, 6) is 0. The third-order valence-corrected chi connectivity index (χ3v) is 1.73. The number of nitrogen functional groups attached to an aromatic ring is 1. The molecule has 0 amide bonds. The van der Waals surface area contributed by atoms with Gasteiger partial charge in [0.1, 0.15) is 0 Å². The Bertz CT molecular complexity index is 210. The van der Waals surface area contributed by atoms with E-state index in [-0.39, 0.29) is 0 Å². The van der Waals surface area contributed by atoms with Crippen LogP contribution in [0.3, 0.4) is 0 Å². The Morgan fingerprint density at radius 2 is 2.20 bits per heavy atom. The molecular formula is C8H10BrN. The highest BCUT2D eigenvalue weighted by Gasteiger charge is 1.89. The predicted octanol–water partition coefficient (Wildman–Crippen LogP) is 2.21. The lowest BCUT2D eigenvalue weighted by Gasteiger charge is -1.97. The Morgan fingerprint density at radius 3 is 2.80 bits per heavy atom. The van der Waals surface area contributed by atoms with Crippen LogP contribution in [0.4, 0.5) is 5.69 Å². The first-order valence-electron chi connectivity index (χ1n) is 3.23. The molecule has 0 bridgehead atoms. The number of nitrogens with two attached hydrogens (primary N) is 1. The van der Waals surface area contributed by atoms with Crippen LogP contribution < -0.4 is 5.73 Å². The van der Waals surface area contributed by atoms with Crippen LogP contribution >= 0.6 is 15.9 Å². The Balaban J connectivity index is 2.75. The SMILES string of the molecule is Nc1cccc(CCBr)c1. The van der Waals surface area contributed by atoms with Gasteiger partial charge in [0.05, 0.1) is 0 Å². The molecule has 1 nitrogen and oxygen atoms in total. The monoisotopic (exact) mass is 199 g/mol. The molecule has 0 aromatic heterocycles. The van der Waals surface area contributed by atoms with Gasteiger partial charge in [0.15, 0.2) is 0 Å². The second-order valence-corrected chi connectivity index (χ2v) is 2.98. The molecule has 0 saturated carbocycles. The molecule has 0 atom stereocenters. The van der Waals surface area contributed by atoms with Crippen molar-refractivity contribution < 1.29 is 0 Å². The fraction of sp³-hybridized carbons (Fsp3) is 0.250. The number of anilines is 1. The van der Waals surface area contributed by atoms with Crippen LogP contribution in [0, 0.1) is 0 Å². The molecule has 0 radical (unpaired) electrons. The number of aryl methyl sites for hydroxylation is 1. The summed E-state index contributed by atoms with van der Waals surface area (Å²) >= 11 is 3.37. The van der Waals surface area contributed by atoms with E-state index in [1.54, 1.807) is 0 Å². The fourth-order valence-electron chi connectivity index (χ4n) is 0.858. The first-order chi connectivity index (χ1) is 4.83. The maximum absolute atomic E-state index is 5.57. The number of halogens is 1. The van der Waals surface area contributed by atoms with Crippen molar-refractivity contribution in [2.24, 2.45) is 0 Å². The highest BCUT2D eigenvalue weighted by molar-refractivity contribution is 9.09. The fourth-order valence-corrected chi connectivity index (χ4v) is 1.32. The van der Waals surface area contributed by atoms with Gasteiger partial charge in [-0.3, -0.25) is 0 Å². The van der Waals surface area contributed by atoms with Crippen LogP contribution in [0.2, 0.25) is 0 Å². The average molecular weight is 200 g/mol. The van der Waals surface area contributed by atoms with Crippen molar-refractivity contribution in [1.82, 2.24) is 0 Å². The minimum Gasteiger partial charge on any atom is -0.399 e. The molecule has 0 fully saturated rings. The summed E-state index contributed by atoms with van der Waals surface area (Å²) in [6.07, 6.45) is 1.05. The van der Waals surface area contributed by atoms with Gasteiger partial charge in [-0.2, -0.15) is 0 Å². The van der Waals surface area contributed by atoms with Gasteiger partial charge in [-0.05, 0) is 24.1 Å². The van der Waals surface area contributed by atoms with Crippen LogP contribution in [0.25, 0.3) is 0 Å². The van der Waals surface area contributed by atoms with Gasteiger partial charge in [0.25, 0.3) is 0 Å². The third-order valence-electron chi connectivity index (χ3n) is 1.33. The van der Waals surface area contributed by atoms with Crippen LogP contribution in [0.5, 0.6) is 0 Å². The highest BCUT2D eigenvalue weighted by Crippen LogP contribution is 2.07. The van der Waals surface area contributed by atoms with Crippen LogP contribution in [0.1, 0.15) is 5.56 Å². The molecule has 0 saturated heterocycles. The van der Waals surface area contributed by atoms with Crippen molar-refractivity contribution in [2.45, 2.75) is 6.42 Å². The van der Waals surface area contributed by atoms with E-state index in [9.17, 15) is 0 Å². The maximum atomic E-state index is 5.57. The van der Waals surface area contributed by atoms with Gasteiger partial charge in [-0.15, -0.1) is 0 Å². The second kappa shape index (κ2) is 3.62. The van der Waals surface area contributed by atoms with E-state index < -0.39 is 0 Å². The van der Waals surface area contributed by atoms with E-state index in [2.05, 4.69) is 22.0 Å². The Labute approximate surface area is 69.4 Å². The Morgan fingerprint density at radius 1 is 1.40 bits per heavy atom. The van der Waals surface area contributed by atoms with Crippen molar-refractivity contribution in [3.05, 3.63) is 29.8 Å². The molecule has 0 heterocycles. The van der Waals surface area contributed by atoms with E-state index >= 15 is 0 Å². The topological polar surface area (TPSA) is 26.0 Å². The smallest absolute Gasteiger partial charge is 0.0316 e. The van der Waals surface area contributed by atoms with E-state index in [1.807, 2.05) is 18.2 Å². The van der Waals surface area contributed by atoms with E-state index in [4.69, 9.17) is 5.73 Å². The molecule has 2 heteroatoms. The maximum Gasteiger partial charge on any atom is 0.0316 e. The van der Waals surface area contributed by atoms with Gasteiger partial charge in [-0.1, -0.05) is 28.1 Å². The van der Waals surface area contributed by atoms with Crippen LogP contribution in [0.15, 0.2) is 24.3 Å². The van der Waals surface area contributed by atoms with Crippen molar-refractivity contribution in [1.29, 1.82) is 0 Å². The predicted molar refractivity (Wildman–Crippen MR) is 48.4 cm³/mol. The normalized spacial score (nSPS) is 9.70. The zero-order chi connectivity index (χ0) is 7.40. The molecule has 1 aromatic rings. The second-order valence-electron chi connectivity index (χ2n) is 2.18. The summed E-state index contributed by atoms with van der Waals surface area (Å²) < 4.78 is 0. The third kappa shape index (κ3) is 2.03. The number of hydrogen-bond donors (Lipinski definition) is 1. The van der Waals surface area contributed by atoms with Gasteiger partial charge in [0, 0.05) is 11.0 Å². The number of rotatable bonds is 2. The summed E-state index contributed by atoms with van der Waals surface area (Å²) in [7, 11) is 0. The standard InChI is InChI=1S/C8H10BrN/c9-5-4-7-2-1-3-8(10)6-7/h1-3,6H,4-5,10H2. The highest BCUT2D eigenvalue weighted by atomic mass is 79.9. The molecule has 1 rings (SSSR count). The first-order valence-corrected chi connectivity index (χ1v) is 4.35. The quantitative estimate of drug-likeness (QED) is 0.574. The average Bonchev–Trinajstić information content (AvgIpc) is 1.88. The molecule has 54 valence electrons. The molecule has 0 aliphatic heterocycles. The lowest BCUT2D eigenvalue weighted by molar-refractivity contribution is 1.17. The van der Waals surface area contributed by atoms with E-state index in [0.29, 0.717) is 0 Å².